The van der Waals surface area contributed by atoms with E-state index in [4.69, 9.17) is 17.0 Å². The lowest BCUT2D eigenvalue weighted by Crippen LogP contribution is -2.37. The molecule has 1 aliphatic heterocycles. The van der Waals surface area contributed by atoms with Crippen molar-refractivity contribution in [2.45, 2.75) is 19.0 Å². The number of nitrogens with zero attached hydrogens (tertiary/aromatic N) is 6. The molecule has 2 aromatic heterocycles. The molecular weight excluding hydrogens is 403 g/mol. The van der Waals surface area contributed by atoms with E-state index in [2.05, 4.69) is 30.2 Å². The standard InChI is InChI=1S/C20H17FN8O2/c1-20(10-29-15(18(22)27-20)7-16(23-2)28-29)12-6-11(4-5-13(12)21)26-19(30)14-8-25-17(31-3)9-24-14/h4-9H,10H2,1,3H3,(H2,22,27)(H,26,30). The average Bonchev–Trinajstić information content (AvgIpc) is 3.18. The number of amidine groups is 1. The third kappa shape index (κ3) is 3.66. The predicted molar refractivity (Wildman–Crippen MR) is 110 cm³/mol. The van der Waals surface area contributed by atoms with Gasteiger partial charge in [0.15, 0.2) is 0 Å². The number of hydrogen-bond acceptors (Lipinski definition) is 7. The zero-order valence-corrected chi connectivity index (χ0v) is 16.6. The Bertz CT molecular complexity index is 1250. The van der Waals surface area contributed by atoms with Gasteiger partial charge in [-0.05, 0) is 36.3 Å². The van der Waals surface area contributed by atoms with Crippen molar-refractivity contribution in [1.82, 2.24) is 19.7 Å². The van der Waals surface area contributed by atoms with Gasteiger partial charge in [-0.25, -0.2) is 14.4 Å². The number of anilines is 1. The molecule has 3 aromatic rings. The number of benzene rings is 1. The zero-order chi connectivity index (χ0) is 22.2. The minimum absolute atomic E-state index is 0.0747. The average molecular weight is 420 g/mol. The van der Waals surface area contributed by atoms with E-state index >= 15 is 0 Å². The van der Waals surface area contributed by atoms with Crippen molar-refractivity contribution in [3.8, 4) is 5.88 Å². The summed E-state index contributed by atoms with van der Waals surface area (Å²) in [4.78, 5) is 28.2. The van der Waals surface area contributed by atoms with Crippen LogP contribution in [0.15, 0.2) is 41.7 Å². The van der Waals surface area contributed by atoms with Crippen LogP contribution < -0.4 is 15.8 Å². The number of fused-ring (bicyclic) bond motifs is 1. The minimum atomic E-state index is -1.09. The molecule has 10 nitrogen and oxygen atoms in total. The van der Waals surface area contributed by atoms with Gasteiger partial charge in [0.25, 0.3) is 11.7 Å². The van der Waals surface area contributed by atoms with Crippen LogP contribution in [0.1, 0.15) is 28.7 Å². The van der Waals surface area contributed by atoms with Gasteiger partial charge >= 0.3 is 0 Å². The monoisotopic (exact) mass is 420 g/mol. The third-order valence-electron chi connectivity index (χ3n) is 4.84. The lowest BCUT2D eigenvalue weighted by atomic mass is 9.90. The first kappa shape index (κ1) is 20.0. The molecule has 0 spiro atoms. The molecule has 0 saturated carbocycles. The van der Waals surface area contributed by atoms with Crippen LogP contribution in [0.5, 0.6) is 5.88 Å². The molecule has 0 fully saturated rings. The highest BCUT2D eigenvalue weighted by molar-refractivity contribution is 6.02. The van der Waals surface area contributed by atoms with Crippen LogP contribution >= 0.6 is 0 Å². The second kappa shape index (κ2) is 7.49. The smallest absolute Gasteiger partial charge is 0.296 e. The number of carbonyl (C=O) groups is 1. The van der Waals surface area contributed by atoms with E-state index in [0.717, 1.165) is 0 Å². The number of aliphatic imine (C=N–C) groups is 1. The molecule has 0 radical (unpaired) electrons. The maximum Gasteiger partial charge on any atom is 0.296 e. The summed E-state index contributed by atoms with van der Waals surface area (Å²) in [5.41, 5.74) is 6.13. The number of carbonyl (C=O) groups excluding carboxylic acids is 1. The fourth-order valence-corrected chi connectivity index (χ4v) is 3.33. The second-order valence-electron chi connectivity index (χ2n) is 7.02. The van der Waals surface area contributed by atoms with Crippen molar-refractivity contribution >= 4 is 23.2 Å². The highest BCUT2D eigenvalue weighted by atomic mass is 19.1. The first-order chi connectivity index (χ1) is 14.8. The number of halogens is 1. The summed E-state index contributed by atoms with van der Waals surface area (Å²) in [6, 6.07) is 5.70. The van der Waals surface area contributed by atoms with E-state index in [1.807, 2.05) is 0 Å². The number of nitrogens with two attached hydrogens (primary N) is 1. The first-order valence-corrected chi connectivity index (χ1v) is 9.11. The number of amides is 1. The van der Waals surface area contributed by atoms with Crippen LogP contribution in [0.2, 0.25) is 0 Å². The quantitative estimate of drug-likeness (QED) is 0.624. The molecule has 0 aliphatic carbocycles. The molecule has 156 valence electrons. The summed E-state index contributed by atoms with van der Waals surface area (Å²) in [6.07, 6.45) is 2.60. The number of rotatable bonds is 4. The Morgan fingerprint density at radius 1 is 1.35 bits per heavy atom. The van der Waals surface area contributed by atoms with Crippen molar-refractivity contribution in [1.29, 1.82) is 0 Å². The van der Waals surface area contributed by atoms with E-state index < -0.39 is 17.3 Å². The number of methoxy groups -OCH3 is 1. The second-order valence-corrected chi connectivity index (χ2v) is 7.02. The molecule has 1 atom stereocenters. The van der Waals surface area contributed by atoms with Gasteiger partial charge in [-0.3, -0.25) is 9.79 Å². The number of ether oxygens (including phenoxy) is 1. The highest BCUT2D eigenvalue weighted by Gasteiger charge is 2.37. The molecule has 11 heteroatoms. The van der Waals surface area contributed by atoms with Gasteiger partial charge in [0.05, 0.1) is 26.0 Å². The van der Waals surface area contributed by atoms with Crippen molar-refractivity contribution in [2.75, 3.05) is 12.4 Å². The molecule has 0 saturated heterocycles. The van der Waals surface area contributed by atoms with Gasteiger partial charge in [-0.15, -0.1) is 0 Å². The van der Waals surface area contributed by atoms with Crippen LogP contribution in [0.4, 0.5) is 15.9 Å². The van der Waals surface area contributed by atoms with Crippen LogP contribution in [-0.2, 0) is 12.1 Å². The molecule has 1 aliphatic rings. The van der Waals surface area contributed by atoms with E-state index in [1.165, 1.54) is 48.5 Å². The highest BCUT2D eigenvalue weighted by Crippen LogP contribution is 2.35. The normalized spacial score (nSPS) is 17.3. The Labute approximate surface area is 176 Å². The summed E-state index contributed by atoms with van der Waals surface area (Å²) in [7, 11) is 1.44. The van der Waals surface area contributed by atoms with E-state index in [1.54, 1.807) is 6.92 Å². The largest absolute Gasteiger partial charge is 0.480 e. The Balaban J connectivity index is 1.64. The third-order valence-corrected chi connectivity index (χ3v) is 4.84. The maximum atomic E-state index is 14.8. The molecular formula is C20H17FN8O2. The summed E-state index contributed by atoms with van der Waals surface area (Å²) >= 11 is 0. The molecule has 3 heterocycles. The molecule has 4 rings (SSSR count). The van der Waals surface area contributed by atoms with Gasteiger partial charge in [0.2, 0.25) is 5.88 Å². The van der Waals surface area contributed by atoms with Gasteiger partial charge in [-0.2, -0.15) is 4.68 Å². The number of aromatic nitrogens is 4. The zero-order valence-electron chi connectivity index (χ0n) is 16.6. The fraction of sp³-hybridized carbons (Fsp3) is 0.200. The lowest BCUT2D eigenvalue weighted by molar-refractivity contribution is 0.102. The first-order valence-electron chi connectivity index (χ1n) is 9.11. The van der Waals surface area contributed by atoms with Crippen LogP contribution in [0, 0.1) is 12.4 Å². The van der Waals surface area contributed by atoms with Crippen LogP contribution in [0.25, 0.3) is 4.85 Å². The molecule has 3 N–H and O–H groups in total. The number of nitrogens with one attached hydrogen (secondary N) is 1. The van der Waals surface area contributed by atoms with E-state index in [-0.39, 0.29) is 35.3 Å². The molecule has 0 bridgehead atoms. The van der Waals surface area contributed by atoms with Gasteiger partial charge in [0, 0.05) is 11.3 Å². The molecule has 1 amide bonds. The summed E-state index contributed by atoms with van der Waals surface area (Å²) in [5, 5.41) is 6.85. The molecule has 1 aromatic carbocycles. The van der Waals surface area contributed by atoms with E-state index in [9.17, 15) is 9.18 Å². The van der Waals surface area contributed by atoms with Gasteiger partial charge in [0.1, 0.15) is 28.6 Å². The topological polar surface area (TPSA) is 125 Å². The Morgan fingerprint density at radius 2 is 2.16 bits per heavy atom. The van der Waals surface area contributed by atoms with Gasteiger partial charge in [-0.1, -0.05) is 6.57 Å². The predicted octanol–water partition coefficient (Wildman–Crippen LogP) is 2.26. The fourth-order valence-electron chi connectivity index (χ4n) is 3.33. The summed E-state index contributed by atoms with van der Waals surface area (Å²) < 4.78 is 21.2. The molecule has 1 unspecified atom stereocenters. The SMILES string of the molecule is [C-]#[N+]c1cc2n(n1)CC(C)(c1cc(NC(=O)c3cnc(OC)cn3)ccc1F)N=C2N. The Morgan fingerprint density at radius 3 is 2.84 bits per heavy atom. The minimum Gasteiger partial charge on any atom is -0.480 e. The van der Waals surface area contributed by atoms with Crippen LogP contribution in [-0.4, -0.2) is 38.6 Å². The summed E-state index contributed by atoms with van der Waals surface area (Å²) in [5.74, 6) is -0.415. The van der Waals surface area contributed by atoms with Crippen molar-refractivity contribution < 1.29 is 13.9 Å². The Hall–Kier alpha value is -4.33. The maximum absolute atomic E-state index is 14.8. The van der Waals surface area contributed by atoms with Gasteiger partial charge < -0.3 is 20.6 Å². The van der Waals surface area contributed by atoms with Crippen molar-refractivity contribution in [2.24, 2.45) is 10.7 Å². The molecule has 31 heavy (non-hydrogen) atoms. The summed E-state index contributed by atoms with van der Waals surface area (Å²) in [6.45, 7) is 9.01. The Kier molecular flexibility index (Phi) is 4.82. The number of hydrogen-bond donors (Lipinski definition) is 2. The van der Waals surface area contributed by atoms with Crippen molar-refractivity contribution in [3.05, 3.63) is 70.8 Å². The van der Waals surface area contributed by atoms with Crippen molar-refractivity contribution in [3.63, 3.8) is 0 Å². The van der Waals surface area contributed by atoms with E-state index in [0.29, 0.717) is 11.4 Å². The van der Waals surface area contributed by atoms with Crippen LogP contribution in [0.3, 0.4) is 0 Å². The lowest BCUT2D eigenvalue weighted by Gasteiger charge is -2.30.